The van der Waals surface area contributed by atoms with Crippen LogP contribution in [0, 0.1) is 28.4 Å². The van der Waals surface area contributed by atoms with Crippen LogP contribution in [0.25, 0.3) is 10.4 Å². The van der Waals surface area contributed by atoms with Crippen LogP contribution in [0.2, 0.25) is 0 Å². The van der Waals surface area contributed by atoms with Crippen molar-refractivity contribution >= 4 is 30.1 Å². The SMILES string of the molecule is CC(C)C.CCC1(C[N+](=O)[O-])CCCC1.Cc1ncsc1-c1ccc(CNC=O)cc1.O=CNCC(=O)N1CCC(O)C1. The molecular weight excluding hydrogens is 570 g/mol. The number of benzene rings is 1. The van der Waals surface area contributed by atoms with Gasteiger partial charge in [0.05, 0.1) is 28.7 Å². The third-order valence-corrected chi connectivity index (χ3v) is 8.06. The minimum atomic E-state index is -0.398. The number of hydrogen-bond acceptors (Lipinski definition) is 8. The number of β-amino-alcohol motifs (C(OH)–C–C–N with tert-alkyl or cyclic N) is 1. The van der Waals surface area contributed by atoms with Crippen LogP contribution in [0.1, 0.15) is 77.5 Å². The summed E-state index contributed by atoms with van der Waals surface area (Å²) < 4.78 is 0. The van der Waals surface area contributed by atoms with Gasteiger partial charge in [-0.15, -0.1) is 11.3 Å². The number of rotatable bonds is 10. The predicted molar refractivity (Wildman–Crippen MR) is 170 cm³/mol. The molecule has 2 heterocycles. The lowest BCUT2D eigenvalue weighted by Crippen LogP contribution is -2.36. The molecule has 240 valence electrons. The van der Waals surface area contributed by atoms with Crippen LogP contribution in [0.3, 0.4) is 0 Å². The lowest BCUT2D eigenvalue weighted by Gasteiger charge is -2.21. The molecule has 1 atom stereocenters. The number of aliphatic hydroxyl groups excluding tert-OH is 1. The molecule has 1 aliphatic heterocycles. The Morgan fingerprint density at radius 3 is 2.23 bits per heavy atom. The number of aryl methyl sites for hydroxylation is 1. The third-order valence-electron chi connectivity index (χ3n) is 7.08. The predicted octanol–water partition coefficient (Wildman–Crippen LogP) is 4.59. The quantitative estimate of drug-likeness (QED) is 0.200. The Hall–Kier alpha value is -3.38. The second kappa shape index (κ2) is 20.5. The van der Waals surface area contributed by atoms with Crippen LogP contribution in [-0.4, -0.2) is 70.9 Å². The highest BCUT2D eigenvalue weighted by atomic mass is 32.1. The van der Waals surface area contributed by atoms with E-state index in [2.05, 4.69) is 55.4 Å². The molecule has 2 aromatic rings. The Morgan fingerprint density at radius 1 is 1.19 bits per heavy atom. The summed E-state index contributed by atoms with van der Waals surface area (Å²) in [5.41, 5.74) is 5.24. The van der Waals surface area contributed by atoms with Crippen molar-refractivity contribution in [2.45, 2.75) is 85.8 Å². The maximum Gasteiger partial charge on any atom is 0.242 e. The summed E-state index contributed by atoms with van der Waals surface area (Å²) in [6.07, 6.45) is 6.88. The maximum atomic E-state index is 11.1. The van der Waals surface area contributed by atoms with Gasteiger partial charge >= 0.3 is 0 Å². The summed E-state index contributed by atoms with van der Waals surface area (Å²) >= 11 is 1.64. The Kier molecular flexibility index (Phi) is 18.0. The van der Waals surface area contributed by atoms with Crippen molar-refractivity contribution in [2.24, 2.45) is 11.3 Å². The second-order valence-corrected chi connectivity index (χ2v) is 12.4. The summed E-state index contributed by atoms with van der Waals surface area (Å²) in [5.74, 6) is 0.693. The molecule has 3 N–H and O–H groups in total. The molecule has 12 heteroatoms. The fraction of sp³-hybridized carbons (Fsp3) is 0.613. The lowest BCUT2D eigenvalue weighted by molar-refractivity contribution is -0.497. The molecule has 0 spiro atoms. The summed E-state index contributed by atoms with van der Waals surface area (Å²) in [4.78, 5) is 48.3. The van der Waals surface area contributed by atoms with Crippen LogP contribution in [0.5, 0.6) is 0 Å². The van der Waals surface area contributed by atoms with Gasteiger partial charge in [-0.25, -0.2) is 4.98 Å². The first-order chi connectivity index (χ1) is 20.5. The lowest BCUT2D eigenvalue weighted by atomic mass is 9.84. The van der Waals surface area contributed by atoms with E-state index < -0.39 is 6.10 Å². The molecule has 2 fully saturated rings. The topological polar surface area (TPSA) is 155 Å². The number of nitrogens with one attached hydrogen (secondary N) is 2. The van der Waals surface area contributed by atoms with Gasteiger partial charge in [0.15, 0.2) is 0 Å². The normalized spacial score (nSPS) is 16.4. The second-order valence-electron chi connectivity index (χ2n) is 11.5. The largest absolute Gasteiger partial charge is 0.391 e. The fourth-order valence-corrected chi connectivity index (χ4v) is 5.56. The average Bonchev–Trinajstić information content (AvgIpc) is 3.73. The Morgan fingerprint density at radius 2 is 1.79 bits per heavy atom. The molecule has 4 rings (SSSR count). The molecule has 2 aliphatic rings. The minimum absolute atomic E-state index is 0.0240. The van der Waals surface area contributed by atoms with E-state index in [1.807, 2.05) is 24.6 Å². The zero-order valence-corrected chi connectivity index (χ0v) is 27.0. The fourth-order valence-electron chi connectivity index (χ4n) is 4.74. The van der Waals surface area contributed by atoms with E-state index in [9.17, 15) is 24.5 Å². The van der Waals surface area contributed by atoms with E-state index in [4.69, 9.17) is 5.11 Å². The molecule has 1 saturated heterocycles. The smallest absolute Gasteiger partial charge is 0.242 e. The molecular formula is C31H49N5O6S. The summed E-state index contributed by atoms with van der Waals surface area (Å²) in [5, 5.41) is 24.3. The number of aliphatic hydroxyl groups is 1. The summed E-state index contributed by atoms with van der Waals surface area (Å²) in [6.45, 7) is 12.3. The van der Waals surface area contributed by atoms with Gasteiger partial charge < -0.3 is 20.6 Å². The number of nitro groups is 1. The van der Waals surface area contributed by atoms with Crippen molar-refractivity contribution in [1.29, 1.82) is 0 Å². The van der Waals surface area contributed by atoms with Gasteiger partial charge in [-0.05, 0) is 49.7 Å². The van der Waals surface area contributed by atoms with Crippen molar-refractivity contribution in [3.63, 3.8) is 0 Å². The zero-order valence-electron chi connectivity index (χ0n) is 26.2. The van der Waals surface area contributed by atoms with Crippen molar-refractivity contribution < 1.29 is 24.4 Å². The summed E-state index contributed by atoms with van der Waals surface area (Å²) in [6, 6.07) is 8.15. The molecule has 1 unspecified atom stereocenters. The highest BCUT2D eigenvalue weighted by Gasteiger charge is 2.36. The van der Waals surface area contributed by atoms with Gasteiger partial charge in [-0.1, -0.05) is 64.8 Å². The number of hydrogen-bond donors (Lipinski definition) is 3. The number of aromatic nitrogens is 1. The van der Waals surface area contributed by atoms with E-state index in [0.29, 0.717) is 38.9 Å². The van der Waals surface area contributed by atoms with E-state index in [1.54, 1.807) is 16.2 Å². The van der Waals surface area contributed by atoms with Crippen molar-refractivity contribution in [2.75, 3.05) is 26.2 Å². The number of amides is 3. The first-order valence-electron chi connectivity index (χ1n) is 14.9. The van der Waals surface area contributed by atoms with Crippen molar-refractivity contribution in [3.8, 4) is 10.4 Å². The van der Waals surface area contributed by atoms with Gasteiger partial charge in [0.25, 0.3) is 0 Å². The standard InChI is InChI=1S/C12H12N2OS.C8H15NO2.C7H12N2O3.C4H10/c1-9-12(16-8-14-9)11-4-2-10(3-5-11)6-13-7-15;1-2-8(7-9(10)11)5-3-4-6-8;10-5-8-3-7(12)9-2-1-6(11)4-9;1-4(2)3/h2-5,7-8H,6H2,1H3,(H,13,15);2-7H2,1H3;5-6,11H,1-4H2,(H,8,10);4H,1-3H3. The number of likely N-dealkylation sites (tertiary alicyclic amines) is 1. The van der Waals surface area contributed by atoms with Gasteiger partial charge in [0, 0.05) is 30.0 Å². The molecule has 11 nitrogen and oxygen atoms in total. The van der Waals surface area contributed by atoms with Gasteiger partial charge in [-0.3, -0.25) is 24.5 Å². The van der Waals surface area contributed by atoms with Gasteiger partial charge in [0.2, 0.25) is 25.3 Å². The first kappa shape index (κ1) is 37.6. The molecule has 1 aromatic carbocycles. The highest BCUT2D eigenvalue weighted by molar-refractivity contribution is 7.13. The molecule has 0 bridgehead atoms. The van der Waals surface area contributed by atoms with Gasteiger partial charge in [-0.2, -0.15) is 0 Å². The van der Waals surface area contributed by atoms with Crippen molar-refractivity contribution in [1.82, 2.24) is 20.5 Å². The number of carbonyl (C=O) groups excluding carboxylic acids is 3. The minimum Gasteiger partial charge on any atom is -0.391 e. The first-order valence-corrected chi connectivity index (χ1v) is 15.8. The van der Waals surface area contributed by atoms with Crippen molar-refractivity contribution in [3.05, 3.63) is 51.1 Å². The van der Waals surface area contributed by atoms with Crippen LogP contribution in [0.4, 0.5) is 0 Å². The molecule has 1 aliphatic carbocycles. The molecule has 0 radical (unpaired) electrons. The van der Waals surface area contributed by atoms with E-state index in [-0.39, 0.29) is 29.3 Å². The molecule has 1 aromatic heterocycles. The number of nitrogens with zero attached hydrogens (tertiary/aromatic N) is 3. The Balaban J connectivity index is 0.000000309. The van der Waals surface area contributed by atoms with E-state index >= 15 is 0 Å². The van der Waals surface area contributed by atoms with Crippen LogP contribution >= 0.6 is 11.3 Å². The average molecular weight is 620 g/mol. The summed E-state index contributed by atoms with van der Waals surface area (Å²) in [7, 11) is 0. The number of thiazole rings is 1. The Labute approximate surface area is 259 Å². The highest BCUT2D eigenvalue weighted by Crippen LogP contribution is 2.40. The molecule has 43 heavy (non-hydrogen) atoms. The third kappa shape index (κ3) is 15.1. The number of carbonyl (C=O) groups is 3. The zero-order chi connectivity index (χ0) is 32.3. The van der Waals surface area contributed by atoms with Crippen LogP contribution in [-0.2, 0) is 20.9 Å². The van der Waals surface area contributed by atoms with Gasteiger partial charge in [0.1, 0.15) is 0 Å². The van der Waals surface area contributed by atoms with E-state index in [0.717, 1.165) is 36.4 Å². The van der Waals surface area contributed by atoms with Crippen LogP contribution < -0.4 is 10.6 Å². The maximum absolute atomic E-state index is 11.1. The monoisotopic (exact) mass is 619 g/mol. The van der Waals surface area contributed by atoms with Crippen LogP contribution in [0.15, 0.2) is 29.8 Å². The Bertz CT molecular complexity index is 1100. The molecule has 3 amide bonds. The molecule has 1 saturated carbocycles. The van der Waals surface area contributed by atoms with E-state index in [1.165, 1.54) is 23.3 Å².